The quantitative estimate of drug-likeness (QED) is 0.838. The summed E-state index contributed by atoms with van der Waals surface area (Å²) in [6.45, 7) is 7.89. The monoisotopic (exact) mass is 343 g/mol. The molecule has 1 atom stereocenters. The Morgan fingerprint density at radius 1 is 1.36 bits per heavy atom. The van der Waals surface area contributed by atoms with Gasteiger partial charge in [-0.15, -0.1) is 0 Å². The lowest BCUT2D eigenvalue weighted by molar-refractivity contribution is -0.132. The second kappa shape index (κ2) is 7.42. The van der Waals surface area contributed by atoms with Crippen molar-refractivity contribution in [2.75, 3.05) is 13.1 Å². The van der Waals surface area contributed by atoms with Crippen molar-refractivity contribution < 1.29 is 4.79 Å². The van der Waals surface area contributed by atoms with E-state index >= 15 is 0 Å². The highest BCUT2D eigenvalue weighted by Crippen LogP contribution is 2.24. The minimum Gasteiger partial charge on any atom is -0.341 e. The SMILES string of the molecule is CCc1nccn1C1CCCN(C(=O)CCc2c(C)nn(C)c2C)C1. The van der Waals surface area contributed by atoms with E-state index in [4.69, 9.17) is 0 Å². The zero-order valence-corrected chi connectivity index (χ0v) is 15.8. The topological polar surface area (TPSA) is 56.0 Å². The van der Waals surface area contributed by atoms with Crippen LogP contribution in [-0.4, -0.2) is 43.2 Å². The second-order valence-corrected chi connectivity index (χ2v) is 7.01. The summed E-state index contributed by atoms with van der Waals surface area (Å²) in [5.74, 6) is 1.37. The first-order chi connectivity index (χ1) is 12.0. The van der Waals surface area contributed by atoms with Crippen LogP contribution in [0.1, 0.15) is 55.0 Å². The summed E-state index contributed by atoms with van der Waals surface area (Å²) < 4.78 is 4.16. The molecule has 0 N–H and O–H groups in total. The van der Waals surface area contributed by atoms with E-state index in [9.17, 15) is 4.79 Å². The summed E-state index contributed by atoms with van der Waals surface area (Å²) >= 11 is 0. The zero-order chi connectivity index (χ0) is 18.0. The molecule has 136 valence electrons. The highest BCUT2D eigenvalue weighted by atomic mass is 16.2. The van der Waals surface area contributed by atoms with E-state index in [1.54, 1.807) is 0 Å². The molecule has 0 aliphatic carbocycles. The number of likely N-dealkylation sites (tertiary alicyclic amines) is 1. The molecule has 1 unspecified atom stereocenters. The van der Waals surface area contributed by atoms with Crippen LogP contribution in [0.3, 0.4) is 0 Å². The predicted molar refractivity (Wildman–Crippen MR) is 97.5 cm³/mol. The molecule has 1 fully saturated rings. The Morgan fingerprint density at radius 2 is 2.16 bits per heavy atom. The molecule has 1 aliphatic heterocycles. The van der Waals surface area contributed by atoms with Gasteiger partial charge in [-0.3, -0.25) is 9.48 Å². The van der Waals surface area contributed by atoms with Crippen molar-refractivity contribution in [3.8, 4) is 0 Å². The van der Waals surface area contributed by atoms with Crippen LogP contribution < -0.4 is 0 Å². The minimum atomic E-state index is 0.255. The Bertz CT molecular complexity index is 745. The van der Waals surface area contributed by atoms with Crippen molar-refractivity contribution in [2.24, 2.45) is 7.05 Å². The summed E-state index contributed by atoms with van der Waals surface area (Å²) in [7, 11) is 1.96. The van der Waals surface area contributed by atoms with Gasteiger partial charge in [-0.1, -0.05) is 6.92 Å². The third-order valence-electron chi connectivity index (χ3n) is 5.46. The number of amides is 1. The lowest BCUT2D eigenvalue weighted by atomic mass is 10.0. The zero-order valence-electron chi connectivity index (χ0n) is 15.8. The maximum atomic E-state index is 12.7. The van der Waals surface area contributed by atoms with Crippen molar-refractivity contribution in [2.45, 2.75) is 58.9 Å². The van der Waals surface area contributed by atoms with Crippen LogP contribution in [0.5, 0.6) is 0 Å². The number of piperidine rings is 1. The third kappa shape index (κ3) is 3.62. The van der Waals surface area contributed by atoms with Crippen LogP contribution in [0, 0.1) is 13.8 Å². The maximum Gasteiger partial charge on any atom is 0.222 e. The van der Waals surface area contributed by atoms with E-state index in [1.807, 2.05) is 29.7 Å². The summed E-state index contributed by atoms with van der Waals surface area (Å²) in [6.07, 6.45) is 8.36. The van der Waals surface area contributed by atoms with Gasteiger partial charge in [0.25, 0.3) is 0 Å². The summed E-state index contributed by atoms with van der Waals surface area (Å²) in [6, 6.07) is 0.358. The van der Waals surface area contributed by atoms with Gasteiger partial charge in [0.2, 0.25) is 5.91 Å². The van der Waals surface area contributed by atoms with Crippen LogP contribution in [0.4, 0.5) is 0 Å². The number of aryl methyl sites for hydroxylation is 3. The lowest BCUT2D eigenvalue weighted by Gasteiger charge is -2.34. The number of imidazole rings is 1. The molecule has 0 bridgehead atoms. The standard InChI is InChI=1S/C19H29N5O/c1-5-18-20-10-12-24(18)16-7-6-11-23(13-16)19(25)9-8-17-14(2)21-22(4)15(17)3/h10,12,16H,5-9,11,13H2,1-4H3. The number of aromatic nitrogens is 4. The van der Waals surface area contributed by atoms with Gasteiger partial charge in [0, 0.05) is 51.1 Å². The molecule has 1 aliphatic rings. The smallest absolute Gasteiger partial charge is 0.222 e. The Kier molecular flexibility index (Phi) is 5.25. The Morgan fingerprint density at radius 3 is 2.84 bits per heavy atom. The molecule has 6 nitrogen and oxygen atoms in total. The molecule has 0 spiro atoms. The molecule has 2 aromatic heterocycles. The first-order valence-electron chi connectivity index (χ1n) is 9.29. The van der Waals surface area contributed by atoms with Gasteiger partial charge in [-0.25, -0.2) is 4.98 Å². The summed E-state index contributed by atoms with van der Waals surface area (Å²) in [5.41, 5.74) is 3.41. The molecule has 3 rings (SSSR count). The fraction of sp³-hybridized carbons (Fsp3) is 0.632. The average Bonchev–Trinajstić information content (AvgIpc) is 3.18. The predicted octanol–water partition coefficient (Wildman–Crippen LogP) is 2.59. The van der Waals surface area contributed by atoms with Gasteiger partial charge < -0.3 is 9.47 Å². The number of hydrogen-bond acceptors (Lipinski definition) is 3. The first kappa shape index (κ1) is 17.7. The fourth-order valence-electron chi connectivity index (χ4n) is 3.93. The average molecular weight is 343 g/mol. The number of rotatable bonds is 5. The highest BCUT2D eigenvalue weighted by Gasteiger charge is 2.25. The number of carbonyl (C=O) groups is 1. The molecular formula is C19H29N5O. The molecule has 1 saturated heterocycles. The summed E-state index contributed by atoms with van der Waals surface area (Å²) in [4.78, 5) is 19.2. The summed E-state index contributed by atoms with van der Waals surface area (Å²) in [5, 5.41) is 4.45. The lowest BCUT2D eigenvalue weighted by Crippen LogP contribution is -2.41. The van der Waals surface area contributed by atoms with Crippen LogP contribution >= 0.6 is 0 Å². The van der Waals surface area contributed by atoms with Crippen LogP contribution in [0.2, 0.25) is 0 Å². The number of carbonyl (C=O) groups excluding carboxylic acids is 1. The molecule has 0 aromatic carbocycles. The van der Waals surface area contributed by atoms with Gasteiger partial charge in [0.15, 0.2) is 0 Å². The van der Waals surface area contributed by atoms with E-state index in [1.165, 1.54) is 5.56 Å². The van der Waals surface area contributed by atoms with E-state index in [0.717, 1.165) is 56.0 Å². The molecule has 1 amide bonds. The van der Waals surface area contributed by atoms with Gasteiger partial charge >= 0.3 is 0 Å². The van der Waals surface area contributed by atoms with Crippen LogP contribution in [0.15, 0.2) is 12.4 Å². The van der Waals surface area contributed by atoms with Crippen molar-refractivity contribution >= 4 is 5.91 Å². The fourth-order valence-corrected chi connectivity index (χ4v) is 3.93. The first-order valence-corrected chi connectivity index (χ1v) is 9.29. The Balaban J connectivity index is 1.62. The van der Waals surface area contributed by atoms with E-state index in [-0.39, 0.29) is 5.91 Å². The van der Waals surface area contributed by atoms with Gasteiger partial charge in [-0.2, -0.15) is 5.10 Å². The van der Waals surface area contributed by atoms with E-state index in [2.05, 4.69) is 34.7 Å². The van der Waals surface area contributed by atoms with Crippen molar-refractivity contribution in [1.29, 1.82) is 0 Å². The van der Waals surface area contributed by atoms with E-state index < -0.39 is 0 Å². The molecule has 0 radical (unpaired) electrons. The Hall–Kier alpha value is -2.11. The second-order valence-electron chi connectivity index (χ2n) is 7.01. The van der Waals surface area contributed by atoms with Crippen LogP contribution in [-0.2, 0) is 24.7 Å². The molecule has 6 heteroatoms. The molecule has 2 aromatic rings. The molecule has 3 heterocycles. The third-order valence-corrected chi connectivity index (χ3v) is 5.46. The Labute approximate surface area is 149 Å². The number of nitrogens with zero attached hydrogens (tertiary/aromatic N) is 5. The van der Waals surface area contributed by atoms with Crippen molar-refractivity contribution in [3.05, 3.63) is 35.2 Å². The largest absolute Gasteiger partial charge is 0.341 e. The molecule has 25 heavy (non-hydrogen) atoms. The minimum absolute atomic E-state index is 0.255. The highest BCUT2D eigenvalue weighted by molar-refractivity contribution is 5.76. The van der Waals surface area contributed by atoms with Gasteiger partial charge in [0.05, 0.1) is 11.7 Å². The maximum absolute atomic E-state index is 12.7. The van der Waals surface area contributed by atoms with E-state index in [0.29, 0.717) is 12.5 Å². The van der Waals surface area contributed by atoms with Gasteiger partial charge in [-0.05, 0) is 38.7 Å². The molecular weight excluding hydrogens is 314 g/mol. The van der Waals surface area contributed by atoms with Crippen molar-refractivity contribution in [1.82, 2.24) is 24.2 Å². The van der Waals surface area contributed by atoms with Crippen molar-refractivity contribution in [3.63, 3.8) is 0 Å². The normalized spacial score (nSPS) is 17.9. The number of hydrogen-bond donors (Lipinski definition) is 0. The van der Waals surface area contributed by atoms with Gasteiger partial charge in [0.1, 0.15) is 5.82 Å². The van der Waals surface area contributed by atoms with Crippen LogP contribution in [0.25, 0.3) is 0 Å². The molecule has 0 saturated carbocycles.